The summed E-state index contributed by atoms with van der Waals surface area (Å²) in [7, 11) is 1.21. The van der Waals surface area contributed by atoms with E-state index >= 15 is 0 Å². The minimum Gasteiger partial charge on any atom is -0.452 e. The van der Waals surface area contributed by atoms with Gasteiger partial charge < -0.3 is 4.74 Å². The monoisotopic (exact) mass is 379 g/mol. The van der Waals surface area contributed by atoms with Crippen LogP contribution in [0.4, 0.5) is 4.79 Å². The molecule has 96 valence electrons. The van der Waals surface area contributed by atoms with Crippen molar-refractivity contribution < 1.29 is 14.3 Å². The van der Waals surface area contributed by atoms with Crippen LogP contribution in [0.1, 0.15) is 10.4 Å². The number of benzene rings is 1. The molecule has 0 bridgehead atoms. The van der Waals surface area contributed by atoms with Crippen LogP contribution < -0.4 is 16.2 Å². The molecule has 0 atom stereocenters. The molecule has 0 aliphatic heterocycles. The quantitative estimate of drug-likeness (QED) is 0.388. The summed E-state index contributed by atoms with van der Waals surface area (Å²) in [6.07, 6.45) is -0.708. The molecule has 0 aromatic heterocycles. The third-order valence-corrected chi connectivity index (χ3v) is 2.95. The molecule has 0 spiro atoms. The number of rotatable bonds is 1. The number of ether oxygens (including phenoxy) is 1. The molecule has 1 aromatic carbocycles. The number of hydrazine groups is 1. The Morgan fingerprint density at radius 2 is 1.94 bits per heavy atom. The van der Waals surface area contributed by atoms with Gasteiger partial charge in [-0.1, -0.05) is 12.1 Å². The van der Waals surface area contributed by atoms with Crippen LogP contribution in [-0.4, -0.2) is 24.2 Å². The van der Waals surface area contributed by atoms with Crippen molar-refractivity contribution in [1.82, 2.24) is 16.2 Å². The molecule has 18 heavy (non-hydrogen) atoms. The Morgan fingerprint density at radius 1 is 1.28 bits per heavy atom. The third kappa shape index (κ3) is 4.45. The van der Waals surface area contributed by atoms with Crippen molar-refractivity contribution in [1.29, 1.82) is 0 Å². The molecule has 0 aliphatic carbocycles. The molecular formula is C10H10IN3O3S. The van der Waals surface area contributed by atoms with Crippen molar-refractivity contribution in [2.75, 3.05) is 7.11 Å². The molecule has 0 fully saturated rings. The minimum atomic E-state index is -0.708. The number of thiocarbonyl (C=S) groups is 1. The Bertz CT molecular complexity index is 481. The Morgan fingerprint density at radius 3 is 2.56 bits per heavy atom. The number of hydrogen-bond donors (Lipinski definition) is 3. The van der Waals surface area contributed by atoms with E-state index in [2.05, 4.69) is 20.9 Å². The summed E-state index contributed by atoms with van der Waals surface area (Å²) >= 11 is 6.87. The van der Waals surface area contributed by atoms with Crippen molar-refractivity contribution >= 4 is 51.9 Å². The highest BCUT2D eigenvalue weighted by Gasteiger charge is 2.10. The largest absolute Gasteiger partial charge is 0.452 e. The third-order valence-electron chi connectivity index (χ3n) is 1.81. The van der Waals surface area contributed by atoms with E-state index in [1.54, 1.807) is 18.2 Å². The normalized spacial score (nSPS) is 9.22. The first kappa shape index (κ1) is 14.6. The maximum absolute atomic E-state index is 11.8. The molecule has 8 heteroatoms. The van der Waals surface area contributed by atoms with Crippen LogP contribution in [0.2, 0.25) is 0 Å². The minimum absolute atomic E-state index is 0.0231. The van der Waals surface area contributed by atoms with E-state index in [-0.39, 0.29) is 11.0 Å². The van der Waals surface area contributed by atoms with Crippen molar-refractivity contribution in [3.05, 3.63) is 33.4 Å². The second kappa shape index (κ2) is 7.11. The number of halogens is 1. The van der Waals surface area contributed by atoms with Crippen LogP contribution in [0.15, 0.2) is 24.3 Å². The lowest BCUT2D eigenvalue weighted by Gasteiger charge is -2.10. The smallest absolute Gasteiger partial charge is 0.425 e. The zero-order valence-electron chi connectivity index (χ0n) is 9.32. The summed E-state index contributed by atoms with van der Waals surface area (Å²) in [6.45, 7) is 0. The maximum Gasteiger partial charge on any atom is 0.425 e. The summed E-state index contributed by atoms with van der Waals surface area (Å²) in [5.41, 5.74) is 4.96. The van der Waals surface area contributed by atoms with E-state index < -0.39 is 6.09 Å². The van der Waals surface area contributed by atoms with Crippen LogP contribution in [0, 0.1) is 3.57 Å². The van der Waals surface area contributed by atoms with Gasteiger partial charge in [0.15, 0.2) is 5.11 Å². The first-order valence-electron chi connectivity index (χ1n) is 4.74. The molecular weight excluding hydrogens is 369 g/mol. The van der Waals surface area contributed by atoms with Gasteiger partial charge in [-0.25, -0.2) is 10.2 Å². The lowest BCUT2D eigenvalue weighted by Crippen LogP contribution is -2.48. The second-order valence-electron chi connectivity index (χ2n) is 3.00. The van der Waals surface area contributed by atoms with Crippen LogP contribution in [0.3, 0.4) is 0 Å². The Balaban J connectivity index is 2.53. The van der Waals surface area contributed by atoms with Crippen LogP contribution >= 0.6 is 34.8 Å². The van der Waals surface area contributed by atoms with Crippen LogP contribution in [-0.2, 0) is 4.74 Å². The summed E-state index contributed by atoms with van der Waals surface area (Å²) in [4.78, 5) is 22.6. The fourth-order valence-electron chi connectivity index (χ4n) is 1.01. The molecule has 0 heterocycles. The van der Waals surface area contributed by atoms with Gasteiger partial charge in [0.2, 0.25) is 0 Å². The molecule has 0 unspecified atom stereocenters. The molecule has 0 saturated heterocycles. The highest BCUT2D eigenvalue weighted by Crippen LogP contribution is 2.10. The summed E-state index contributed by atoms with van der Waals surface area (Å²) in [5.74, 6) is -0.357. The Labute approximate surface area is 123 Å². The van der Waals surface area contributed by atoms with Gasteiger partial charge in [0, 0.05) is 3.57 Å². The predicted octanol–water partition coefficient (Wildman–Crippen LogP) is 1.17. The standard InChI is InChI=1S/C10H10IN3O3S/c1-17-10(16)14-13-9(18)12-8(15)6-4-2-3-5-7(6)11/h2-5H,1H3,(H,14,16)(H2,12,13,15,18). The zero-order valence-corrected chi connectivity index (χ0v) is 12.3. The molecule has 0 radical (unpaired) electrons. The molecule has 0 saturated carbocycles. The topological polar surface area (TPSA) is 79.5 Å². The molecule has 2 amide bonds. The number of carbonyl (C=O) groups excluding carboxylic acids is 2. The Kier molecular flexibility index (Phi) is 5.78. The number of nitrogens with one attached hydrogen (secondary N) is 3. The fourth-order valence-corrected chi connectivity index (χ4v) is 1.78. The van der Waals surface area contributed by atoms with Gasteiger partial charge in [-0.2, -0.15) is 0 Å². The summed E-state index contributed by atoms with van der Waals surface area (Å²) < 4.78 is 5.13. The number of carbonyl (C=O) groups is 2. The predicted molar refractivity (Wildman–Crippen MR) is 77.9 cm³/mol. The zero-order chi connectivity index (χ0) is 13.5. The van der Waals surface area contributed by atoms with Gasteiger partial charge >= 0.3 is 6.09 Å². The second-order valence-corrected chi connectivity index (χ2v) is 4.58. The summed E-state index contributed by atoms with van der Waals surface area (Å²) in [5, 5.41) is 2.40. The molecule has 1 rings (SSSR count). The van der Waals surface area contributed by atoms with Crippen LogP contribution in [0.25, 0.3) is 0 Å². The van der Waals surface area contributed by atoms with Gasteiger partial charge in [0.05, 0.1) is 12.7 Å². The van der Waals surface area contributed by atoms with Crippen molar-refractivity contribution in [3.8, 4) is 0 Å². The van der Waals surface area contributed by atoms with E-state index in [1.165, 1.54) is 7.11 Å². The van der Waals surface area contributed by atoms with Gasteiger partial charge in [-0.15, -0.1) is 0 Å². The lowest BCUT2D eigenvalue weighted by atomic mass is 10.2. The summed E-state index contributed by atoms with van der Waals surface area (Å²) in [6, 6.07) is 7.06. The highest BCUT2D eigenvalue weighted by atomic mass is 127. The van der Waals surface area contributed by atoms with Gasteiger partial charge in [-0.3, -0.25) is 15.5 Å². The van der Waals surface area contributed by atoms with E-state index in [4.69, 9.17) is 12.2 Å². The molecule has 3 N–H and O–H groups in total. The number of hydrogen-bond acceptors (Lipinski definition) is 4. The van der Waals surface area contributed by atoms with Crippen molar-refractivity contribution in [3.63, 3.8) is 0 Å². The first-order chi connectivity index (χ1) is 8.54. The number of amides is 2. The molecule has 6 nitrogen and oxygen atoms in total. The first-order valence-corrected chi connectivity index (χ1v) is 6.23. The Hall–Kier alpha value is -1.42. The van der Waals surface area contributed by atoms with E-state index in [9.17, 15) is 9.59 Å². The van der Waals surface area contributed by atoms with E-state index in [1.807, 2.05) is 28.7 Å². The SMILES string of the molecule is COC(=O)NNC(=S)NC(=O)c1ccccc1I. The average molecular weight is 379 g/mol. The van der Waals surface area contributed by atoms with Crippen LogP contribution in [0.5, 0.6) is 0 Å². The van der Waals surface area contributed by atoms with Crippen molar-refractivity contribution in [2.45, 2.75) is 0 Å². The average Bonchev–Trinajstić information content (AvgIpc) is 2.36. The molecule has 1 aromatic rings. The maximum atomic E-state index is 11.8. The molecule has 0 aliphatic rings. The van der Waals surface area contributed by atoms with E-state index in [0.717, 1.165) is 3.57 Å². The van der Waals surface area contributed by atoms with E-state index in [0.29, 0.717) is 5.56 Å². The number of methoxy groups -OCH3 is 1. The fraction of sp³-hybridized carbons (Fsp3) is 0.100. The van der Waals surface area contributed by atoms with Gasteiger partial charge in [0.1, 0.15) is 0 Å². The van der Waals surface area contributed by atoms with Gasteiger partial charge in [-0.05, 0) is 46.9 Å². The van der Waals surface area contributed by atoms with Crippen molar-refractivity contribution in [2.24, 2.45) is 0 Å². The highest BCUT2D eigenvalue weighted by molar-refractivity contribution is 14.1. The lowest BCUT2D eigenvalue weighted by molar-refractivity contribution is 0.0975. The van der Waals surface area contributed by atoms with Gasteiger partial charge in [0.25, 0.3) is 5.91 Å².